The third-order valence-corrected chi connectivity index (χ3v) is 3.94. The third-order valence-electron chi connectivity index (χ3n) is 3.94. The lowest BCUT2D eigenvalue weighted by atomic mass is 9.93. The van der Waals surface area contributed by atoms with E-state index in [1.807, 2.05) is 23.9 Å². The van der Waals surface area contributed by atoms with Crippen LogP contribution in [0, 0.1) is 0 Å². The van der Waals surface area contributed by atoms with Gasteiger partial charge >= 0.3 is 0 Å². The summed E-state index contributed by atoms with van der Waals surface area (Å²) < 4.78 is 1.99. The van der Waals surface area contributed by atoms with Gasteiger partial charge in [0.05, 0.1) is 17.8 Å². The second-order valence-corrected chi connectivity index (χ2v) is 7.29. The van der Waals surface area contributed by atoms with Crippen LogP contribution in [-0.4, -0.2) is 27.5 Å². The summed E-state index contributed by atoms with van der Waals surface area (Å²) in [4.78, 5) is 0. The van der Waals surface area contributed by atoms with E-state index >= 15 is 0 Å². The van der Waals surface area contributed by atoms with Crippen LogP contribution in [0.1, 0.15) is 51.2 Å². The van der Waals surface area contributed by atoms with E-state index in [0.717, 1.165) is 19.5 Å². The van der Waals surface area contributed by atoms with Crippen LogP contribution in [-0.2, 0) is 12.1 Å². The van der Waals surface area contributed by atoms with E-state index in [9.17, 15) is 5.11 Å². The van der Waals surface area contributed by atoms with Crippen molar-refractivity contribution in [2.24, 2.45) is 0 Å². The molecule has 2 N–H and O–H groups in total. The van der Waals surface area contributed by atoms with Gasteiger partial charge in [0.2, 0.25) is 0 Å². The normalized spacial score (nSPS) is 14.7. The molecule has 2 unspecified atom stereocenters. The van der Waals surface area contributed by atoms with Gasteiger partial charge in [-0.3, -0.25) is 4.68 Å². The summed E-state index contributed by atoms with van der Waals surface area (Å²) in [5.74, 6) is 0.314. The molecule has 0 saturated carbocycles. The van der Waals surface area contributed by atoms with Crippen molar-refractivity contribution in [3.05, 3.63) is 53.9 Å². The van der Waals surface area contributed by atoms with Crippen LogP contribution >= 0.6 is 0 Å². The van der Waals surface area contributed by atoms with Crippen molar-refractivity contribution in [1.82, 2.24) is 15.1 Å². The number of aliphatic hydroxyl groups is 1. The van der Waals surface area contributed by atoms with E-state index in [2.05, 4.69) is 61.6 Å². The van der Waals surface area contributed by atoms with Gasteiger partial charge in [0.15, 0.2) is 0 Å². The van der Waals surface area contributed by atoms with Crippen molar-refractivity contribution in [2.45, 2.75) is 58.2 Å². The predicted molar refractivity (Wildman–Crippen MR) is 94.4 cm³/mol. The molecule has 0 aliphatic carbocycles. The molecule has 0 radical (unpaired) electrons. The van der Waals surface area contributed by atoms with Gasteiger partial charge < -0.3 is 10.4 Å². The first kappa shape index (κ1) is 17.7. The SMILES string of the molecule is CC(O)CC(CNCc1cnn(C(C)(C)C)c1)c1ccccc1. The molecule has 0 aliphatic rings. The molecule has 0 saturated heterocycles. The van der Waals surface area contributed by atoms with Crippen LogP contribution in [0.5, 0.6) is 0 Å². The number of nitrogens with one attached hydrogen (secondary N) is 1. The number of nitrogens with zero attached hydrogens (tertiary/aromatic N) is 2. The highest BCUT2D eigenvalue weighted by Crippen LogP contribution is 2.20. The maximum atomic E-state index is 9.75. The highest BCUT2D eigenvalue weighted by Gasteiger charge is 2.15. The van der Waals surface area contributed by atoms with Gasteiger partial charge in [-0.25, -0.2) is 0 Å². The van der Waals surface area contributed by atoms with Crippen molar-refractivity contribution in [1.29, 1.82) is 0 Å². The van der Waals surface area contributed by atoms with Gasteiger partial charge in [-0.15, -0.1) is 0 Å². The van der Waals surface area contributed by atoms with Crippen LogP contribution in [0.3, 0.4) is 0 Å². The molecule has 0 fully saturated rings. The molecule has 0 spiro atoms. The molecule has 23 heavy (non-hydrogen) atoms. The molecule has 1 aromatic heterocycles. The van der Waals surface area contributed by atoms with Crippen LogP contribution in [0.25, 0.3) is 0 Å². The summed E-state index contributed by atoms with van der Waals surface area (Å²) in [6.45, 7) is 9.92. The second-order valence-electron chi connectivity index (χ2n) is 7.29. The molecular weight excluding hydrogens is 286 g/mol. The van der Waals surface area contributed by atoms with Gasteiger partial charge in [0.25, 0.3) is 0 Å². The third kappa shape index (κ3) is 5.48. The first-order valence-corrected chi connectivity index (χ1v) is 8.34. The number of rotatable bonds is 7. The number of aliphatic hydroxyl groups excluding tert-OH is 1. The maximum Gasteiger partial charge on any atom is 0.0543 e. The van der Waals surface area contributed by atoms with Crippen LogP contribution in [0.15, 0.2) is 42.7 Å². The quantitative estimate of drug-likeness (QED) is 0.824. The summed E-state index contributed by atoms with van der Waals surface area (Å²) in [6, 6.07) is 10.4. The van der Waals surface area contributed by atoms with E-state index < -0.39 is 0 Å². The standard InChI is InChI=1S/C19H29N3O/c1-15(23)10-18(17-8-6-5-7-9-17)13-20-11-16-12-21-22(14-16)19(2,3)4/h5-9,12,14-15,18,20,23H,10-11,13H2,1-4H3. The van der Waals surface area contributed by atoms with E-state index in [1.54, 1.807) is 0 Å². The molecule has 1 heterocycles. The second kappa shape index (κ2) is 7.75. The molecule has 0 bridgehead atoms. The zero-order valence-electron chi connectivity index (χ0n) is 14.7. The minimum absolute atomic E-state index is 0.0111. The first-order valence-electron chi connectivity index (χ1n) is 8.34. The Labute approximate surface area is 139 Å². The van der Waals surface area contributed by atoms with E-state index in [1.165, 1.54) is 11.1 Å². The Morgan fingerprint density at radius 3 is 2.48 bits per heavy atom. The monoisotopic (exact) mass is 315 g/mol. The predicted octanol–water partition coefficient (Wildman–Crippen LogP) is 3.28. The average molecular weight is 315 g/mol. The topological polar surface area (TPSA) is 50.1 Å². The van der Waals surface area contributed by atoms with E-state index in [4.69, 9.17) is 0 Å². The van der Waals surface area contributed by atoms with Crippen molar-refractivity contribution in [2.75, 3.05) is 6.54 Å². The zero-order valence-corrected chi connectivity index (χ0v) is 14.7. The van der Waals surface area contributed by atoms with Gasteiger partial charge in [-0.2, -0.15) is 5.10 Å². The number of aromatic nitrogens is 2. The number of hydrogen-bond donors (Lipinski definition) is 2. The van der Waals surface area contributed by atoms with Gasteiger partial charge in [0, 0.05) is 24.8 Å². The Balaban J connectivity index is 1.93. The zero-order chi connectivity index (χ0) is 16.9. The molecule has 1 aromatic carbocycles. The van der Waals surface area contributed by atoms with E-state index in [-0.39, 0.29) is 11.6 Å². The highest BCUT2D eigenvalue weighted by atomic mass is 16.3. The molecule has 4 nitrogen and oxygen atoms in total. The fraction of sp³-hybridized carbons (Fsp3) is 0.526. The highest BCUT2D eigenvalue weighted by molar-refractivity contribution is 5.20. The number of benzene rings is 1. The molecule has 2 atom stereocenters. The molecular formula is C19H29N3O. The molecule has 126 valence electrons. The van der Waals surface area contributed by atoms with Gasteiger partial charge in [-0.1, -0.05) is 30.3 Å². The molecule has 2 rings (SSSR count). The minimum Gasteiger partial charge on any atom is -0.393 e. The lowest BCUT2D eigenvalue weighted by molar-refractivity contribution is 0.173. The Morgan fingerprint density at radius 1 is 1.22 bits per heavy atom. The van der Waals surface area contributed by atoms with Crippen LogP contribution < -0.4 is 5.32 Å². The molecule has 4 heteroatoms. The Morgan fingerprint density at radius 2 is 1.91 bits per heavy atom. The summed E-state index contributed by atoms with van der Waals surface area (Å²) in [5, 5.41) is 17.7. The summed E-state index contributed by atoms with van der Waals surface area (Å²) in [5.41, 5.74) is 2.46. The smallest absolute Gasteiger partial charge is 0.0543 e. The van der Waals surface area contributed by atoms with E-state index in [0.29, 0.717) is 5.92 Å². The lowest BCUT2D eigenvalue weighted by Crippen LogP contribution is -2.24. The Kier molecular flexibility index (Phi) is 5.97. The largest absolute Gasteiger partial charge is 0.393 e. The van der Waals surface area contributed by atoms with Crippen molar-refractivity contribution in [3.8, 4) is 0 Å². The average Bonchev–Trinajstić information content (AvgIpc) is 2.96. The Hall–Kier alpha value is -1.65. The summed E-state index contributed by atoms with van der Waals surface area (Å²) in [6.07, 6.45) is 4.48. The van der Waals surface area contributed by atoms with Crippen molar-refractivity contribution < 1.29 is 5.11 Å². The van der Waals surface area contributed by atoms with Crippen molar-refractivity contribution >= 4 is 0 Å². The molecule has 0 aliphatic heterocycles. The maximum absolute atomic E-state index is 9.75. The van der Waals surface area contributed by atoms with Gasteiger partial charge in [0.1, 0.15) is 0 Å². The summed E-state index contributed by atoms with van der Waals surface area (Å²) >= 11 is 0. The molecule has 0 amide bonds. The fourth-order valence-corrected chi connectivity index (χ4v) is 2.68. The fourth-order valence-electron chi connectivity index (χ4n) is 2.68. The minimum atomic E-state index is -0.300. The first-order chi connectivity index (χ1) is 10.9. The van der Waals surface area contributed by atoms with Crippen molar-refractivity contribution in [3.63, 3.8) is 0 Å². The van der Waals surface area contributed by atoms with Gasteiger partial charge in [-0.05, 0) is 45.6 Å². The Bertz CT molecular complexity index is 584. The summed E-state index contributed by atoms with van der Waals surface area (Å²) in [7, 11) is 0. The number of hydrogen-bond acceptors (Lipinski definition) is 3. The lowest BCUT2D eigenvalue weighted by Gasteiger charge is -2.20. The molecule has 2 aromatic rings. The van der Waals surface area contributed by atoms with Crippen LogP contribution in [0.4, 0.5) is 0 Å². The van der Waals surface area contributed by atoms with Crippen LogP contribution in [0.2, 0.25) is 0 Å².